The van der Waals surface area contributed by atoms with Gasteiger partial charge in [0.05, 0.1) is 25.7 Å². The molecule has 1 aromatic heterocycles. The minimum absolute atomic E-state index is 0.0528. The Morgan fingerprint density at radius 3 is 2.38 bits per heavy atom. The molecule has 3 atom stereocenters. The van der Waals surface area contributed by atoms with Crippen LogP contribution in [0.5, 0.6) is 0 Å². The molecule has 13 heteroatoms. The van der Waals surface area contributed by atoms with Gasteiger partial charge < -0.3 is 41.9 Å². The van der Waals surface area contributed by atoms with Crippen molar-refractivity contribution in [3.8, 4) is 0 Å². The number of aliphatic hydroxyl groups is 2. The van der Waals surface area contributed by atoms with Crippen molar-refractivity contribution in [1.82, 2.24) is 20.8 Å². The number of urea groups is 1. The number of carboxylic acid groups (broad SMARTS) is 1. The Morgan fingerprint density at radius 1 is 1.21 bits per heavy atom. The number of aromatic nitrogens is 2. The average molecular weight is 346 g/mol. The van der Waals surface area contributed by atoms with E-state index in [4.69, 9.17) is 31.3 Å². The van der Waals surface area contributed by atoms with Gasteiger partial charge in [0, 0.05) is 0 Å². The van der Waals surface area contributed by atoms with Crippen LogP contribution in [0.2, 0.25) is 0 Å². The molecule has 0 aliphatic rings. The number of carbonyl (C=O) groups excluding carboxylic acids is 2. The van der Waals surface area contributed by atoms with Gasteiger partial charge in [0.25, 0.3) is 0 Å². The van der Waals surface area contributed by atoms with Crippen LogP contribution in [0.15, 0.2) is 4.52 Å². The summed E-state index contributed by atoms with van der Waals surface area (Å²) in [6, 6.07) is -4.62. The number of amides is 3. The normalized spacial score (nSPS) is 14.5. The van der Waals surface area contributed by atoms with E-state index in [1.165, 1.54) is 0 Å². The van der Waals surface area contributed by atoms with Crippen molar-refractivity contribution in [2.75, 3.05) is 13.2 Å². The van der Waals surface area contributed by atoms with Crippen LogP contribution in [0.4, 0.5) is 4.79 Å². The number of aliphatic hydroxyl groups excluding tert-OH is 2. The first-order valence-electron chi connectivity index (χ1n) is 6.67. The maximum absolute atomic E-state index is 11.8. The van der Waals surface area contributed by atoms with Crippen LogP contribution in [0.1, 0.15) is 30.2 Å². The van der Waals surface area contributed by atoms with Gasteiger partial charge in [0.2, 0.25) is 11.8 Å². The molecule has 1 rings (SSSR count). The molecule has 0 unspecified atom stereocenters. The minimum Gasteiger partial charge on any atom is -0.480 e. The van der Waals surface area contributed by atoms with Gasteiger partial charge in [-0.05, 0) is 0 Å². The van der Waals surface area contributed by atoms with Crippen molar-refractivity contribution in [3.63, 3.8) is 0 Å². The number of carboxylic acids is 1. The molecule has 0 aromatic carbocycles. The maximum atomic E-state index is 11.8. The van der Waals surface area contributed by atoms with Crippen molar-refractivity contribution in [2.24, 2.45) is 11.5 Å². The number of aliphatic carboxylic acids is 1. The van der Waals surface area contributed by atoms with E-state index in [0.717, 1.165) is 0 Å². The lowest BCUT2D eigenvalue weighted by Gasteiger charge is -2.16. The summed E-state index contributed by atoms with van der Waals surface area (Å²) in [4.78, 5) is 37.5. The zero-order chi connectivity index (χ0) is 18.3. The van der Waals surface area contributed by atoms with Gasteiger partial charge in [0.15, 0.2) is 11.9 Å². The monoisotopic (exact) mass is 346 g/mol. The van der Waals surface area contributed by atoms with E-state index >= 15 is 0 Å². The van der Waals surface area contributed by atoms with Crippen molar-refractivity contribution in [3.05, 3.63) is 11.7 Å². The van der Waals surface area contributed by atoms with E-state index in [2.05, 4.69) is 15.5 Å². The number of nitrogens with one attached hydrogen (secondary N) is 2. The molecule has 0 radical (unpaired) electrons. The summed E-state index contributed by atoms with van der Waals surface area (Å²) in [5.41, 5.74) is 10.6. The molecule has 24 heavy (non-hydrogen) atoms. The number of nitrogens with zero attached hydrogens (tertiary/aromatic N) is 2. The topological polar surface area (TPSA) is 227 Å². The Bertz CT molecular complexity index is 591. The summed E-state index contributed by atoms with van der Waals surface area (Å²) in [6.45, 7) is -1.29. The van der Waals surface area contributed by atoms with E-state index in [0.29, 0.717) is 0 Å². The molecule has 0 aliphatic carbocycles. The highest BCUT2D eigenvalue weighted by Crippen LogP contribution is 2.16. The fourth-order valence-electron chi connectivity index (χ4n) is 1.57. The lowest BCUT2D eigenvalue weighted by molar-refractivity contribution is -0.140. The molecular weight excluding hydrogens is 328 g/mol. The van der Waals surface area contributed by atoms with Crippen LogP contribution in [-0.4, -0.2) is 62.6 Å². The quantitative estimate of drug-likeness (QED) is 0.236. The van der Waals surface area contributed by atoms with Crippen LogP contribution in [0, 0.1) is 0 Å². The Kier molecular flexibility index (Phi) is 7.03. The van der Waals surface area contributed by atoms with Crippen molar-refractivity contribution in [2.45, 2.75) is 24.5 Å². The molecule has 0 saturated heterocycles. The fraction of sp³-hybridized carbons (Fsp3) is 0.545. The molecule has 0 spiro atoms. The summed E-state index contributed by atoms with van der Waals surface area (Å²) in [6.07, 6.45) is -0.416. The molecule has 9 N–H and O–H groups in total. The summed E-state index contributed by atoms with van der Waals surface area (Å²) in [5.74, 6) is -2.52. The molecule has 0 saturated carbocycles. The van der Waals surface area contributed by atoms with E-state index in [1.54, 1.807) is 0 Å². The predicted molar refractivity (Wildman–Crippen MR) is 75.0 cm³/mol. The van der Waals surface area contributed by atoms with E-state index in [9.17, 15) is 14.4 Å². The Balaban J connectivity index is 2.85. The number of primary amides is 1. The summed E-state index contributed by atoms with van der Waals surface area (Å²) < 4.78 is 4.86. The third-order valence-corrected chi connectivity index (χ3v) is 2.78. The second kappa shape index (κ2) is 8.76. The lowest BCUT2D eigenvalue weighted by Crippen LogP contribution is -2.49. The Labute approximate surface area is 135 Å². The number of hydrogen-bond acceptors (Lipinski definition) is 9. The van der Waals surface area contributed by atoms with Crippen LogP contribution < -0.4 is 22.1 Å². The van der Waals surface area contributed by atoms with Crippen LogP contribution >= 0.6 is 0 Å². The standard InChI is InChI=1S/C11H18N6O7/c12-4(2-18)8-16-9(24-17-8)5(1-7(13)20)14-11(23)15-6(3-19)10(21)22/h4-6,18-19H,1-3,12H2,(H2,13,20)(H,21,22)(H2,14,15,23)/t4-,5-,6-/m0/s1. The number of hydrogen-bond donors (Lipinski definition) is 7. The van der Waals surface area contributed by atoms with Gasteiger partial charge in [-0.2, -0.15) is 4.98 Å². The van der Waals surface area contributed by atoms with Crippen LogP contribution in [-0.2, 0) is 9.59 Å². The number of rotatable bonds is 9. The fourth-order valence-corrected chi connectivity index (χ4v) is 1.57. The molecule has 3 amide bonds. The van der Waals surface area contributed by atoms with Gasteiger partial charge in [-0.1, -0.05) is 5.16 Å². The first-order valence-corrected chi connectivity index (χ1v) is 6.67. The zero-order valence-corrected chi connectivity index (χ0v) is 12.4. The summed E-state index contributed by atoms with van der Waals surface area (Å²) in [7, 11) is 0. The van der Waals surface area contributed by atoms with Crippen molar-refractivity contribution < 1.29 is 34.2 Å². The van der Waals surface area contributed by atoms with Gasteiger partial charge in [-0.3, -0.25) is 4.79 Å². The molecule has 1 aromatic rings. The van der Waals surface area contributed by atoms with E-state index in [1.807, 2.05) is 5.32 Å². The molecular formula is C11H18N6O7. The molecule has 134 valence electrons. The molecule has 0 fully saturated rings. The highest BCUT2D eigenvalue weighted by Gasteiger charge is 2.26. The third-order valence-electron chi connectivity index (χ3n) is 2.78. The third kappa shape index (κ3) is 5.45. The Hall–Kier alpha value is -2.77. The maximum Gasteiger partial charge on any atom is 0.328 e. The summed E-state index contributed by atoms with van der Waals surface area (Å²) >= 11 is 0. The largest absolute Gasteiger partial charge is 0.480 e. The van der Waals surface area contributed by atoms with E-state index in [-0.39, 0.29) is 11.7 Å². The minimum atomic E-state index is -1.54. The molecule has 0 aliphatic heterocycles. The predicted octanol–water partition coefficient (Wildman–Crippen LogP) is -3.28. The highest BCUT2D eigenvalue weighted by molar-refractivity contribution is 5.83. The van der Waals surface area contributed by atoms with Gasteiger partial charge in [0.1, 0.15) is 6.04 Å². The Morgan fingerprint density at radius 2 is 1.88 bits per heavy atom. The first kappa shape index (κ1) is 19.3. The smallest absolute Gasteiger partial charge is 0.328 e. The van der Waals surface area contributed by atoms with Gasteiger partial charge >= 0.3 is 12.0 Å². The summed E-state index contributed by atoms with van der Waals surface area (Å²) in [5, 5.41) is 34.2. The van der Waals surface area contributed by atoms with Gasteiger partial charge in [-0.15, -0.1) is 0 Å². The lowest BCUT2D eigenvalue weighted by atomic mass is 10.2. The van der Waals surface area contributed by atoms with Crippen molar-refractivity contribution in [1.29, 1.82) is 0 Å². The van der Waals surface area contributed by atoms with Crippen LogP contribution in [0.3, 0.4) is 0 Å². The highest BCUT2D eigenvalue weighted by atomic mass is 16.5. The number of carbonyl (C=O) groups is 3. The molecule has 1 heterocycles. The average Bonchev–Trinajstić information content (AvgIpc) is 3.00. The zero-order valence-electron chi connectivity index (χ0n) is 12.4. The molecule has 0 bridgehead atoms. The SMILES string of the molecule is NC(=O)C[C@H](NC(=O)N[C@@H](CO)C(=O)O)c1nc([C@@H](N)CO)no1. The van der Waals surface area contributed by atoms with Crippen molar-refractivity contribution >= 4 is 17.9 Å². The second-order valence-corrected chi connectivity index (χ2v) is 4.69. The second-order valence-electron chi connectivity index (χ2n) is 4.69. The van der Waals surface area contributed by atoms with E-state index < -0.39 is 55.7 Å². The molecule has 13 nitrogen and oxygen atoms in total. The number of nitrogens with two attached hydrogens (primary N) is 2. The first-order chi connectivity index (χ1) is 11.3. The van der Waals surface area contributed by atoms with Gasteiger partial charge in [-0.25, -0.2) is 9.59 Å². The van der Waals surface area contributed by atoms with Crippen LogP contribution in [0.25, 0.3) is 0 Å².